The van der Waals surface area contributed by atoms with Gasteiger partial charge in [0, 0.05) is 61.4 Å². The van der Waals surface area contributed by atoms with Crippen LogP contribution in [0.4, 0.5) is 0 Å². The van der Waals surface area contributed by atoms with Crippen LogP contribution < -0.4 is 21.3 Å². The van der Waals surface area contributed by atoms with Crippen molar-refractivity contribution in [2.45, 2.75) is 79.2 Å². The zero-order chi connectivity index (χ0) is 52.3. The number of amides is 4. The number of nitrogens with one attached hydrogen (secondary N) is 4. The smallest absolute Gasteiger partial charge is 0.383 e. The molecule has 0 saturated carbocycles. The first-order valence-corrected chi connectivity index (χ1v) is 28.7. The summed E-state index contributed by atoms with van der Waals surface area (Å²) in [6.07, 6.45) is -3.21. The molecule has 2 unspecified atom stereocenters. The second-order valence-electron chi connectivity index (χ2n) is 17.7. The molecule has 0 aliphatic heterocycles. The van der Waals surface area contributed by atoms with Crippen LogP contribution in [0.25, 0.3) is 0 Å². The van der Waals surface area contributed by atoms with E-state index in [4.69, 9.17) is 27.1 Å². The van der Waals surface area contributed by atoms with Gasteiger partial charge in [0.2, 0.25) is 23.6 Å². The molecule has 18 nitrogen and oxygen atoms in total. The molecule has 4 aromatic carbocycles. The Kier molecular flexibility index (Phi) is 26.2. The second kappa shape index (κ2) is 31.4. The maximum Gasteiger partial charge on any atom is 0.475 e. The van der Waals surface area contributed by atoms with Crippen molar-refractivity contribution in [3.63, 3.8) is 0 Å². The minimum atomic E-state index is -4.16. The van der Waals surface area contributed by atoms with Gasteiger partial charge >= 0.3 is 15.6 Å². The number of aliphatic hydroxyl groups excluding tert-OH is 2. The van der Waals surface area contributed by atoms with Gasteiger partial charge in [0.1, 0.15) is 12.2 Å². The molecule has 0 spiro atoms. The van der Waals surface area contributed by atoms with Crippen molar-refractivity contribution >= 4 is 60.9 Å². The minimum Gasteiger partial charge on any atom is -0.383 e. The number of phosphoric acid groups is 2. The van der Waals surface area contributed by atoms with Gasteiger partial charge in [0.15, 0.2) is 0 Å². The molecule has 0 saturated heterocycles. The molecule has 0 radical (unpaired) electrons. The first-order valence-electron chi connectivity index (χ1n) is 23.3. The molecule has 0 aliphatic rings. The van der Waals surface area contributed by atoms with Crippen LogP contribution >= 0.6 is 37.2 Å². The highest BCUT2D eigenvalue weighted by atomic mass is 33.1. The minimum absolute atomic E-state index is 0.0279. The fraction of sp³-hybridized carbons (Fsp3) is 0.440. The van der Waals surface area contributed by atoms with Gasteiger partial charge < -0.3 is 31.5 Å². The molecule has 0 aliphatic carbocycles. The topological polar surface area (TPSA) is 246 Å². The molecule has 4 rings (SSSR count). The predicted molar refractivity (Wildman–Crippen MR) is 278 cm³/mol. The molecule has 4 aromatic rings. The summed E-state index contributed by atoms with van der Waals surface area (Å²) < 4.78 is 61.3. The number of hydrogen-bond donors (Lipinski definition) is 6. The molecule has 22 heteroatoms. The van der Waals surface area contributed by atoms with E-state index in [0.29, 0.717) is 24.6 Å². The van der Waals surface area contributed by atoms with Crippen molar-refractivity contribution in [1.29, 1.82) is 0 Å². The van der Waals surface area contributed by atoms with E-state index in [1.54, 1.807) is 76.2 Å². The molecule has 394 valence electrons. The summed E-state index contributed by atoms with van der Waals surface area (Å²) in [4.78, 5) is 50.6. The van der Waals surface area contributed by atoms with Gasteiger partial charge in [-0.25, -0.2) is 9.13 Å². The van der Waals surface area contributed by atoms with Crippen LogP contribution in [0.1, 0.15) is 62.8 Å². The Morgan fingerprint density at radius 1 is 0.458 bits per heavy atom. The SMILES string of the molecule is CC(C)(COP(=O)(OCc1ccccc1)OCc1ccccc1)C(O)C(=O)NCCC(=O)NCCSSCCNC(=O)CCNC(=O)C(O)C(C)(C)COP(=O)(OCc1ccccc1)OCc1ccccc1. The molecule has 0 fully saturated rings. The highest BCUT2D eigenvalue weighted by molar-refractivity contribution is 8.76. The van der Waals surface area contributed by atoms with Gasteiger partial charge in [-0.15, -0.1) is 0 Å². The van der Waals surface area contributed by atoms with Crippen LogP contribution in [-0.2, 0) is 81.9 Å². The Bertz CT molecular complexity index is 2080. The zero-order valence-electron chi connectivity index (χ0n) is 41.1. The van der Waals surface area contributed by atoms with Crippen molar-refractivity contribution < 1.29 is 65.7 Å². The third kappa shape index (κ3) is 23.2. The highest BCUT2D eigenvalue weighted by Crippen LogP contribution is 2.53. The summed E-state index contributed by atoms with van der Waals surface area (Å²) in [6.45, 7) is 6.05. The fourth-order valence-corrected chi connectivity index (χ4v) is 10.5. The Labute approximate surface area is 430 Å². The highest BCUT2D eigenvalue weighted by Gasteiger charge is 2.39. The molecule has 0 heterocycles. The first-order chi connectivity index (χ1) is 34.4. The quantitative estimate of drug-likeness (QED) is 0.0148. The zero-order valence-corrected chi connectivity index (χ0v) is 44.5. The molecule has 2 atom stereocenters. The molecular weight excluding hydrogens is 1010 g/mol. The van der Waals surface area contributed by atoms with E-state index in [0.717, 1.165) is 22.3 Å². The van der Waals surface area contributed by atoms with Crippen LogP contribution in [0.3, 0.4) is 0 Å². The summed E-state index contributed by atoms with van der Waals surface area (Å²) in [5, 5.41) is 32.5. The summed E-state index contributed by atoms with van der Waals surface area (Å²) in [5.74, 6) is -0.903. The maximum atomic E-state index is 13.7. The van der Waals surface area contributed by atoms with Crippen molar-refractivity contribution in [2.75, 3.05) is 50.9 Å². The van der Waals surface area contributed by atoms with Gasteiger partial charge in [-0.1, -0.05) is 171 Å². The third-order valence-corrected chi connectivity index (χ3v) is 15.6. The van der Waals surface area contributed by atoms with E-state index in [2.05, 4.69) is 21.3 Å². The summed E-state index contributed by atoms with van der Waals surface area (Å²) in [5.41, 5.74) is 0.544. The molecule has 6 N–H and O–H groups in total. The Morgan fingerprint density at radius 3 is 1.01 bits per heavy atom. The lowest BCUT2D eigenvalue weighted by molar-refractivity contribution is -0.137. The predicted octanol–water partition coefficient (Wildman–Crippen LogP) is 7.50. The lowest BCUT2D eigenvalue weighted by Gasteiger charge is -2.30. The van der Waals surface area contributed by atoms with Gasteiger partial charge in [-0.05, 0) is 22.3 Å². The van der Waals surface area contributed by atoms with E-state index in [9.17, 15) is 38.5 Å². The van der Waals surface area contributed by atoms with Gasteiger partial charge in [0.05, 0.1) is 39.6 Å². The van der Waals surface area contributed by atoms with E-state index >= 15 is 0 Å². The molecule has 4 amide bonds. The molecule has 0 bridgehead atoms. The number of rotatable bonds is 35. The summed E-state index contributed by atoms with van der Waals surface area (Å²) in [7, 11) is -5.32. The van der Waals surface area contributed by atoms with E-state index in [1.807, 2.05) is 72.8 Å². The Hall–Kier alpha value is -4.40. The largest absolute Gasteiger partial charge is 0.475 e. The average molecular weight is 1080 g/mol. The van der Waals surface area contributed by atoms with Gasteiger partial charge in [-0.3, -0.25) is 46.3 Å². The van der Waals surface area contributed by atoms with Crippen LogP contribution in [0.2, 0.25) is 0 Å². The van der Waals surface area contributed by atoms with Crippen molar-refractivity contribution in [1.82, 2.24) is 21.3 Å². The monoisotopic (exact) mass is 1070 g/mol. The summed E-state index contributed by atoms with van der Waals surface area (Å²) in [6, 6.07) is 36.3. The first kappa shape index (κ1) is 60.2. The number of hydrogen-bond acceptors (Lipinski definition) is 16. The average Bonchev–Trinajstić information content (AvgIpc) is 3.39. The standard InChI is InChI=1S/C50H68N4O14P2S2/c1-49(2,37-67-69(61,63-33-39-17-9-5-10-18-39)64-34-40-19-11-6-12-20-40)45(57)47(59)53-27-25-43(55)51-29-31-71-72-32-30-52-44(56)26-28-54-48(60)46(58)50(3,4)38-68-70(62,65-35-41-21-13-7-14-22-41)66-36-42-23-15-8-16-24-42/h5-24,45-46,57-58H,25-38H2,1-4H3,(H,51,55)(H,52,56)(H,53,59)(H,54,60). The number of phosphoric ester groups is 2. The van der Waals surface area contributed by atoms with E-state index in [1.165, 1.54) is 21.6 Å². The van der Waals surface area contributed by atoms with Gasteiger partial charge in [0.25, 0.3) is 0 Å². The lowest BCUT2D eigenvalue weighted by atomic mass is 9.87. The summed E-state index contributed by atoms with van der Waals surface area (Å²) >= 11 is 0. The molecular formula is C50H68N4O14P2S2. The number of aliphatic hydroxyl groups is 2. The van der Waals surface area contributed by atoms with Crippen molar-refractivity contribution in [2.24, 2.45) is 10.8 Å². The fourth-order valence-electron chi connectivity index (χ4n) is 6.04. The molecule has 0 aromatic heterocycles. The van der Waals surface area contributed by atoms with E-state index < -0.39 is 50.5 Å². The van der Waals surface area contributed by atoms with Crippen LogP contribution in [-0.4, -0.2) is 96.9 Å². The lowest BCUT2D eigenvalue weighted by Crippen LogP contribution is -2.46. The van der Waals surface area contributed by atoms with Gasteiger partial charge in [-0.2, -0.15) is 0 Å². The van der Waals surface area contributed by atoms with Crippen LogP contribution in [0.5, 0.6) is 0 Å². The van der Waals surface area contributed by atoms with Crippen LogP contribution in [0, 0.1) is 10.8 Å². The number of carbonyl (C=O) groups is 4. The van der Waals surface area contributed by atoms with E-state index in [-0.39, 0.29) is 77.4 Å². The third-order valence-electron chi connectivity index (χ3n) is 10.5. The Balaban J connectivity index is 1.04. The normalized spacial score (nSPS) is 12.9. The molecule has 72 heavy (non-hydrogen) atoms. The van der Waals surface area contributed by atoms with Crippen LogP contribution in [0.15, 0.2) is 121 Å². The second-order valence-corrected chi connectivity index (χ2v) is 23.7. The number of benzene rings is 4. The van der Waals surface area contributed by atoms with Crippen molar-refractivity contribution in [3.05, 3.63) is 144 Å². The maximum absolute atomic E-state index is 13.7. The number of carbonyl (C=O) groups excluding carboxylic acids is 4. The van der Waals surface area contributed by atoms with Crippen molar-refractivity contribution in [3.8, 4) is 0 Å². The Morgan fingerprint density at radius 2 is 0.736 bits per heavy atom.